The number of rotatable bonds is 52. The summed E-state index contributed by atoms with van der Waals surface area (Å²) in [6, 6.07) is 0. The Morgan fingerprint density at radius 1 is 0.348 bits per heavy atom. The van der Waals surface area contributed by atoms with Gasteiger partial charge in [0, 0.05) is 19.4 Å². The minimum Gasteiger partial charge on any atom is -0.462 e. The number of allylic oxidation sites excluding steroid dienone is 12. The lowest BCUT2D eigenvalue weighted by Gasteiger charge is -2.18. The quantitative estimate of drug-likeness (QED) is 0.0346. The van der Waals surface area contributed by atoms with Crippen molar-refractivity contribution >= 4 is 11.9 Å². The first-order chi connectivity index (χ1) is 32.6. The molecule has 0 amide bonds. The second-order valence-electron chi connectivity index (χ2n) is 18.8. The van der Waals surface area contributed by atoms with E-state index >= 15 is 0 Å². The number of ether oxygens (including phenoxy) is 3. The van der Waals surface area contributed by atoms with Gasteiger partial charge in [-0.05, 0) is 64.2 Å². The van der Waals surface area contributed by atoms with Crippen molar-refractivity contribution in [2.75, 3.05) is 19.8 Å². The van der Waals surface area contributed by atoms with E-state index in [-0.39, 0.29) is 25.2 Å². The summed E-state index contributed by atoms with van der Waals surface area (Å²) in [7, 11) is 0. The molecule has 1 unspecified atom stereocenters. The van der Waals surface area contributed by atoms with Crippen LogP contribution in [0.25, 0.3) is 0 Å². The first kappa shape index (κ1) is 63.3. The molecular weight excluding hydrogens is 813 g/mol. The topological polar surface area (TPSA) is 61.8 Å². The third-order valence-corrected chi connectivity index (χ3v) is 12.3. The zero-order valence-corrected chi connectivity index (χ0v) is 44.0. The van der Waals surface area contributed by atoms with Crippen molar-refractivity contribution in [3.63, 3.8) is 0 Å². The summed E-state index contributed by atoms with van der Waals surface area (Å²) in [5, 5.41) is 0. The maximum atomic E-state index is 12.8. The largest absolute Gasteiger partial charge is 0.462 e. The van der Waals surface area contributed by atoms with Crippen LogP contribution in [-0.4, -0.2) is 37.9 Å². The molecule has 382 valence electrons. The Balaban J connectivity index is 4.28. The van der Waals surface area contributed by atoms with Gasteiger partial charge in [-0.1, -0.05) is 273 Å². The molecule has 0 rings (SSSR count). The van der Waals surface area contributed by atoms with E-state index in [1.54, 1.807) is 0 Å². The van der Waals surface area contributed by atoms with Gasteiger partial charge in [0.15, 0.2) is 6.10 Å². The van der Waals surface area contributed by atoms with Crippen LogP contribution in [0.5, 0.6) is 0 Å². The predicted molar refractivity (Wildman–Crippen MR) is 288 cm³/mol. The Morgan fingerprint density at radius 3 is 1.03 bits per heavy atom. The minimum atomic E-state index is -0.565. The van der Waals surface area contributed by atoms with Crippen molar-refractivity contribution < 1.29 is 23.8 Å². The maximum Gasteiger partial charge on any atom is 0.306 e. The molecule has 0 aromatic carbocycles. The van der Waals surface area contributed by atoms with Crippen LogP contribution in [0.1, 0.15) is 278 Å². The van der Waals surface area contributed by atoms with Crippen LogP contribution < -0.4 is 0 Å². The Labute approximate surface area is 410 Å². The summed E-state index contributed by atoms with van der Waals surface area (Å²) < 4.78 is 17.4. The molecule has 0 N–H and O–H groups in total. The lowest BCUT2D eigenvalue weighted by molar-refractivity contribution is -0.163. The molecule has 0 spiro atoms. The van der Waals surface area contributed by atoms with Crippen LogP contribution in [0.2, 0.25) is 0 Å². The molecule has 0 saturated heterocycles. The molecule has 0 radical (unpaired) electrons. The molecule has 5 heteroatoms. The van der Waals surface area contributed by atoms with Crippen molar-refractivity contribution in [2.24, 2.45) is 0 Å². The zero-order chi connectivity index (χ0) is 47.7. The second-order valence-corrected chi connectivity index (χ2v) is 18.8. The van der Waals surface area contributed by atoms with Crippen LogP contribution in [0.15, 0.2) is 72.9 Å². The summed E-state index contributed by atoms with van der Waals surface area (Å²) in [6.07, 6.45) is 73.6. The molecular formula is C61H108O5. The highest BCUT2D eigenvalue weighted by molar-refractivity contribution is 5.70. The number of unbranched alkanes of at least 4 members (excludes halogenated alkanes) is 29. The number of carbonyl (C=O) groups is 2. The Kier molecular flexibility index (Phi) is 54.4. The Hall–Kier alpha value is -2.66. The van der Waals surface area contributed by atoms with Crippen molar-refractivity contribution in [1.29, 1.82) is 0 Å². The first-order valence-corrected chi connectivity index (χ1v) is 28.5. The van der Waals surface area contributed by atoms with Crippen LogP contribution in [0.3, 0.4) is 0 Å². The van der Waals surface area contributed by atoms with E-state index in [2.05, 4.69) is 93.7 Å². The van der Waals surface area contributed by atoms with Gasteiger partial charge in [-0.3, -0.25) is 9.59 Å². The molecule has 0 aromatic heterocycles. The first-order valence-electron chi connectivity index (χ1n) is 28.5. The zero-order valence-electron chi connectivity index (χ0n) is 44.0. The normalized spacial score (nSPS) is 12.7. The molecule has 66 heavy (non-hydrogen) atoms. The second kappa shape index (κ2) is 56.7. The predicted octanol–water partition coefficient (Wildman–Crippen LogP) is 19.5. The van der Waals surface area contributed by atoms with Crippen molar-refractivity contribution in [1.82, 2.24) is 0 Å². The summed E-state index contributed by atoms with van der Waals surface area (Å²) in [4.78, 5) is 25.4. The van der Waals surface area contributed by atoms with Crippen molar-refractivity contribution in [3.8, 4) is 0 Å². The van der Waals surface area contributed by atoms with Gasteiger partial charge in [0.25, 0.3) is 0 Å². The maximum absolute atomic E-state index is 12.8. The highest BCUT2D eigenvalue weighted by Crippen LogP contribution is 2.16. The van der Waals surface area contributed by atoms with Gasteiger partial charge >= 0.3 is 11.9 Å². The smallest absolute Gasteiger partial charge is 0.306 e. The highest BCUT2D eigenvalue weighted by Gasteiger charge is 2.17. The monoisotopic (exact) mass is 921 g/mol. The molecule has 0 fully saturated rings. The summed E-state index contributed by atoms with van der Waals surface area (Å²) >= 11 is 0. The van der Waals surface area contributed by atoms with Crippen molar-refractivity contribution in [2.45, 2.75) is 284 Å². The number of hydrogen-bond donors (Lipinski definition) is 0. The molecule has 1 atom stereocenters. The van der Waals surface area contributed by atoms with Gasteiger partial charge in [0.1, 0.15) is 6.61 Å². The van der Waals surface area contributed by atoms with Gasteiger partial charge < -0.3 is 14.2 Å². The Bertz CT molecular complexity index is 1180. The van der Waals surface area contributed by atoms with Crippen LogP contribution in [-0.2, 0) is 23.8 Å². The average Bonchev–Trinajstić information content (AvgIpc) is 3.32. The standard InChI is InChI=1S/C61H108O5/c1-4-7-10-13-16-19-22-24-26-28-30-32-34-36-38-41-44-47-50-53-56-64-57-59(66-61(63)55-52-49-46-43-39-21-18-15-12-9-6-3)58-65-60(62)54-51-48-45-42-40-37-35-33-31-29-27-25-23-20-17-14-11-8-5-2/h7,10,16,19,24,26,30,32,36,38,44,47,59H,4-6,8-9,11-15,17-18,20-23,25,27-29,31,33-35,37,39-43,45-46,48-58H2,1-3H3/b10-7-,19-16-,26-24-,32-30-,38-36-,47-44-. The van der Waals surface area contributed by atoms with E-state index in [1.165, 1.54) is 167 Å². The molecule has 0 aliphatic carbocycles. The fourth-order valence-corrected chi connectivity index (χ4v) is 8.06. The summed E-state index contributed by atoms with van der Waals surface area (Å²) in [5.41, 5.74) is 0. The van der Waals surface area contributed by atoms with E-state index < -0.39 is 6.10 Å². The van der Waals surface area contributed by atoms with Crippen molar-refractivity contribution in [3.05, 3.63) is 72.9 Å². The minimum absolute atomic E-state index is 0.0646. The van der Waals surface area contributed by atoms with Gasteiger partial charge in [0.05, 0.1) is 6.61 Å². The lowest BCUT2D eigenvalue weighted by atomic mass is 10.0. The fraction of sp³-hybridized carbons (Fsp3) is 0.770. The third kappa shape index (κ3) is 54.0. The van der Waals surface area contributed by atoms with Crippen LogP contribution in [0, 0.1) is 0 Å². The van der Waals surface area contributed by atoms with E-state index in [0.29, 0.717) is 19.4 Å². The lowest BCUT2D eigenvalue weighted by Crippen LogP contribution is -2.30. The molecule has 0 saturated carbocycles. The van der Waals surface area contributed by atoms with Gasteiger partial charge in [-0.2, -0.15) is 0 Å². The summed E-state index contributed by atoms with van der Waals surface area (Å²) in [6.45, 7) is 7.60. The molecule has 0 heterocycles. The summed E-state index contributed by atoms with van der Waals surface area (Å²) in [5.74, 6) is -0.418. The Morgan fingerprint density at radius 2 is 0.667 bits per heavy atom. The van der Waals surface area contributed by atoms with Crippen LogP contribution in [0.4, 0.5) is 0 Å². The molecule has 0 aromatic rings. The van der Waals surface area contributed by atoms with E-state index in [1.807, 2.05) is 0 Å². The van der Waals surface area contributed by atoms with E-state index in [0.717, 1.165) is 77.0 Å². The number of hydrogen-bond acceptors (Lipinski definition) is 5. The van der Waals surface area contributed by atoms with Gasteiger partial charge in [0.2, 0.25) is 0 Å². The molecule has 0 bridgehead atoms. The van der Waals surface area contributed by atoms with E-state index in [4.69, 9.17) is 14.2 Å². The van der Waals surface area contributed by atoms with E-state index in [9.17, 15) is 9.59 Å². The number of esters is 2. The molecule has 5 nitrogen and oxygen atoms in total. The SMILES string of the molecule is CC/C=C\C/C=C\C/C=C\C/C=C\C/C=C\C/C=C\CCCOCC(COC(=O)CCCCCCCCCCCCCCCCCCCCC)OC(=O)CCCCCCCCCCCCC. The highest BCUT2D eigenvalue weighted by atomic mass is 16.6. The third-order valence-electron chi connectivity index (χ3n) is 12.3. The number of carbonyl (C=O) groups excluding carboxylic acids is 2. The molecule has 0 aliphatic rings. The average molecular weight is 922 g/mol. The molecule has 0 aliphatic heterocycles. The van der Waals surface area contributed by atoms with Gasteiger partial charge in [-0.15, -0.1) is 0 Å². The van der Waals surface area contributed by atoms with Crippen LogP contribution >= 0.6 is 0 Å². The van der Waals surface area contributed by atoms with Gasteiger partial charge in [-0.25, -0.2) is 0 Å². The fourth-order valence-electron chi connectivity index (χ4n) is 8.06.